The SMILES string of the molecule is CC(CC(O)C1CCCC1)C(=O)O. The molecule has 0 amide bonds. The molecule has 2 unspecified atom stereocenters. The topological polar surface area (TPSA) is 57.5 Å². The maximum Gasteiger partial charge on any atom is 0.306 e. The second-order valence-electron chi connectivity index (χ2n) is 4.09. The molecule has 1 aliphatic rings. The van der Waals surface area contributed by atoms with Crippen molar-refractivity contribution in [1.29, 1.82) is 0 Å². The lowest BCUT2D eigenvalue weighted by Gasteiger charge is -2.19. The zero-order valence-electron chi connectivity index (χ0n) is 8.07. The van der Waals surface area contributed by atoms with Gasteiger partial charge in [-0.1, -0.05) is 19.8 Å². The van der Waals surface area contributed by atoms with Crippen LogP contribution >= 0.6 is 0 Å². The third-order valence-electron chi connectivity index (χ3n) is 2.96. The molecule has 3 nitrogen and oxygen atoms in total. The van der Waals surface area contributed by atoms with Crippen molar-refractivity contribution in [3.8, 4) is 0 Å². The fraction of sp³-hybridized carbons (Fsp3) is 0.900. The summed E-state index contributed by atoms with van der Waals surface area (Å²) in [5, 5.41) is 18.4. The first-order valence-electron chi connectivity index (χ1n) is 5.02. The van der Waals surface area contributed by atoms with Crippen LogP contribution in [-0.2, 0) is 4.79 Å². The van der Waals surface area contributed by atoms with Crippen LogP contribution in [0.3, 0.4) is 0 Å². The van der Waals surface area contributed by atoms with Crippen LogP contribution in [0.5, 0.6) is 0 Å². The van der Waals surface area contributed by atoms with Crippen molar-refractivity contribution in [3.63, 3.8) is 0 Å². The highest BCUT2D eigenvalue weighted by molar-refractivity contribution is 5.69. The van der Waals surface area contributed by atoms with Crippen LogP contribution in [0.15, 0.2) is 0 Å². The zero-order valence-corrected chi connectivity index (χ0v) is 8.07. The molecule has 0 bridgehead atoms. The Morgan fingerprint density at radius 3 is 2.46 bits per heavy atom. The summed E-state index contributed by atoms with van der Waals surface area (Å²) in [7, 11) is 0. The molecule has 0 saturated heterocycles. The van der Waals surface area contributed by atoms with Gasteiger partial charge in [0.1, 0.15) is 0 Å². The minimum atomic E-state index is -0.808. The average molecular weight is 186 g/mol. The lowest BCUT2D eigenvalue weighted by atomic mass is 9.93. The number of carbonyl (C=O) groups is 1. The molecule has 1 saturated carbocycles. The lowest BCUT2D eigenvalue weighted by Crippen LogP contribution is -2.23. The van der Waals surface area contributed by atoms with E-state index in [1.165, 1.54) is 12.8 Å². The molecular formula is C10H18O3. The van der Waals surface area contributed by atoms with E-state index in [1.54, 1.807) is 6.92 Å². The average Bonchev–Trinajstić information content (AvgIpc) is 2.55. The molecular weight excluding hydrogens is 168 g/mol. The van der Waals surface area contributed by atoms with Gasteiger partial charge in [-0.25, -0.2) is 0 Å². The van der Waals surface area contributed by atoms with Gasteiger partial charge in [-0.3, -0.25) is 4.79 Å². The third-order valence-corrected chi connectivity index (χ3v) is 2.96. The van der Waals surface area contributed by atoms with E-state index in [2.05, 4.69) is 0 Å². The summed E-state index contributed by atoms with van der Waals surface area (Å²) in [6.07, 6.45) is 4.49. The first-order valence-corrected chi connectivity index (χ1v) is 5.02. The normalized spacial score (nSPS) is 22.9. The number of rotatable bonds is 4. The molecule has 0 aromatic heterocycles. The minimum absolute atomic E-state index is 0.349. The Morgan fingerprint density at radius 2 is 2.00 bits per heavy atom. The minimum Gasteiger partial charge on any atom is -0.481 e. The van der Waals surface area contributed by atoms with E-state index in [4.69, 9.17) is 5.11 Å². The molecule has 0 aromatic rings. The Labute approximate surface area is 78.8 Å². The van der Waals surface area contributed by atoms with E-state index < -0.39 is 18.0 Å². The summed E-state index contributed by atoms with van der Waals surface area (Å²) in [6, 6.07) is 0. The van der Waals surface area contributed by atoms with Crippen molar-refractivity contribution in [3.05, 3.63) is 0 Å². The number of aliphatic hydroxyl groups is 1. The maximum atomic E-state index is 10.5. The number of aliphatic hydroxyl groups excluding tert-OH is 1. The van der Waals surface area contributed by atoms with Gasteiger partial charge in [0.2, 0.25) is 0 Å². The first kappa shape index (κ1) is 10.5. The smallest absolute Gasteiger partial charge is 0.306 e. The van der Waals surface area contributed by atoms with Crippen molar-refractivity contribution in [1.82, 2.24) is 0 Å². The fourth-order valence-electron chi connectivity index (χ4n) is 2.00. The van der Waals surface area contributed by atoms with Crippen LogP contribution in [-0.4, -0.2) is 22.3 Å². The van der Waals surface area contributed by atoms with Gasteiger partial charge < -0.3 is 10.2 Å². The van der Waals surface area contributed by atoms with Crippen molar-refractivity contribution >= 4 is 5.97 Å². The van der Waals surface area contributed by atoms with Crippen LogP contribution in [0.2, 0.25) is 0 Å². The van der Waals surface area contributed by atoms with Gasteiger partial charge in [-0.05, 0) is 25.2 Å². The van der Waals surface area contributed by atoms with E-state index in [0.717, 1.165) is 12.8 Å². The highest BCUT2D eigenvalue weighted by atomic mass is 16.4. The monoisotopic (exact) mass is 186 g/mol. The van der Waals surface area contributed by atoms with Gasteiger partial charge in [0.05, 0.1) is 12.0 Å². The summed E-state index contributed by atoms with van der Waals surface area (Å²) >= 11 is 0. The summed E-state index contributed by atoms with van der Waals surface area (Å²) in [5.74, 6) is -0.880. The van der Waals surface area contributed by atoms with Crippen LogP contribution in [0, 0.1) is 11.8 Å². The van der Waals surface area contributed by atoms with E-state index in [-0.39, 0.29) is 0 Å². The lowest BCUT2D eigenvalue weighted by molar-refractivity contribution is -0.142. The van der Waals surface area contributed by atoms with Crippen LogP contribution in [0.4, 0.5) is 0 Å². The standard InChI is InChI=1S/C10H18O3/c1-7(10(12)13)6-9(11)8-4-2-3-5-8/h7-9,11H,2-6H2,1H3,(H,12,13). The van der Waals surface area contributed by atoms with Gasteiger partial charge in [-0.15, -0.1) is 0 Å². The Morgan fingerprint density at radius 1 is 1.46 bits per heavy atom. The highest BCUT2D eigenvalue weighted by Crippen LogP contribution is 2.30. The number of carboxylic acids is 1. The zero-order chi connectivity index (χ0) is 9.84. The molecule has 1 aliphatic carbocycles. The number of carboxylic acid groups (broad SMARTS) is 1. The Balaban J connectivity index is 2.30. The first-order chi connectivity index (χ1) is 6.11. The molecule has 76 valence electrons. The molecule has 13 heavy (non-hydrogen) atoms. The Kier molecular flexibility index (Phi) is 3.72. The molecule has 0 spiro atoms. The molecule has 0 heterocycles. The van der Waals surface area contributed by atoms with Crippen LogP contribution in [0.25, 0.3) is 0 Å². The summed E-state index contributed by atoms with van der Waals surface area (Å²) in [6.45, 7) is 1.65. The fourth-order valence-corrected chi connectivity index (χ4v) is 2.00. The molecule has 2 N–H and O–H groups in total. The summed E-state index contributed by atoms with van der Waals surface area (Å²) < 4.78 is 0. The van der Waals surface area contributed by atoms with Crippen molar-refractivity contribution in [2.45, 2.75) is 45.1 Å². The van der Waals surface area contributed by atoms with E-state index in [1.807, 2.05) is 0 Å². The summed E-state index contributed by atoms with van der Waals surface area (Å²) in [4.78, 5) is 10.5. The van der Waals surface area contributed by atoms with Gasteiger partial charge >= 0.3 is 5.97 Å². The number of aliphatic carboxylic acids is 1. The van der Waals surface area contributed by atoms with Crippen molar-refractivity contribution in [2.24, 2.45) is 11.8 Å². The van der Waals surface area contributed by atoms with Gasteiger partial charge in [0.25, 0.3) is 0 Å². The quantitative estimate of drug-likeness (QED) is 0.701. The summed E-state index contributed by atoms with van der Waals surface area (Å²) in [5.41, 5.74) is 0. The predicted octanol–water partition coefficient (Wildman–Crippen LogP) is 1.65. The highest BCUT2D eigenvalue weighted by Gasteiger charge is 2.26. The molecule has 0 aliphatic heterocycles. The van der Waals surface area contributed by atoms with E-state index >= 15 is 0 Å². The Hall–Kier alpha value is -0.570. The molecule has 1 rings (SSSR count). The molecule has 3 heteroatoms. The number of hydrogen-bond donors (Lipinski definition) is 2. The van der Waals surface area contributed by atoms with Gasteiger partial charge in [-0.2, -0.15) is 0 Å². The van der Waals surface area contributed by atoms with Gasteiger partial charge in [0.15, 0.2) is 0 Å². The molecule has 0 aromatic carbocycles. The number of hydrogen-bond acceptors (Lipinski definition) is 2. The third kappa shape index (κ3) is 2.99. The van der Waals surface area contributed by atoms with Crippen LogP contribution < -0.4 is 0 Å². The van der Waals surface area contributed by atoms with E-state index in [0.29, 0.717) is 12.3 Å². The molecule has 1 fully saturated rings. The second kappa shape index (κ2) is 4.61. The van der Waals surface area contributed by atoms with Gasteiger partial charge in [0, 0.05) is 0 Å². The Bertz CT molecular complexity index is 173. The predicted molar refractivity (Wildman–Crippen MR) is 49.4 cm³/mol. The molecule has 0 radical (unpaired) electrons. The second-order valence-corrected chi connectivity index (χ2v) is 4.09. The maximum absolute atomic E-state index is 10.5. The van der Waals surface area contributed by atoms with Crippen molar-refractivity contribution < 1.29 is 15.0 Å². The largest absolute Gasteiger partial charge is 0.481 e. The van der Waals surface area contributed by atoms with Crippen LogP contribution in [0.1, 0.15) is 39.0 Å². The molecule has 2 atom stereocenters. The van der Waals surface area contributed by atoms with E-state index in [9.17, 15) is 9.90 Å². The van der Waals surface area contributed by atoms with Crippen molar-refractivity contribution in [2.75, 3.05) is 0 Å².